The maximum atomic E-state index is 10.9. The van der Waals surface area contributed by atoms with E-state index in [0.29, 0.717) is 5.69 Å². The number of nitro groups is 1. The number of nitrogens with two attached hydrogens (primary N) is 1. The molecule has 17 heavy (non-hydrogen) atoms. The number of nitrogens with zero attached hydrogens (tertiary/aromatic N) is 2. The highest BCUT2D eigenvalue weighted by molar-refractivity contribution is 5.69. The van der Waals surface area contributed by atoms with Crippen LogP contribution in [0.15, 0.2) is 18.2 Å². The summed E-state index contributed by atoms with van der Waals surface area (Å²) < 4.78 is 0. The molecule has 1 aliphatic carbocycles. The van der Waals surface area contributed by atoms with Gasteiger partial charge < -0.3 is 11.1 Å². The van der Waals surface area contributed by atoms with E-state index in [-0.39, 0.29) is 23.3 Å². The minimum absolute atomic E-state index is 0.0728. The van der Waals surface area contributed by atoms with Crippen molar-refractivity contribution in [2.45, 2.75) is 24.9 Å². The van der Waals surface area contributed by atoms with Crippen LogP contribution in [-0.2, 0) is 0 Å². The molecule has 6 nitrogen and oxygen atoms in total. The number of nitriles is 1. The third-order valence-electron chi connectivity index (χ3n) is 2.87. The second kappa shape index (κ2) is 4.39. The molecule has 0 amide bonds. The molecule has 0 bridgehead atoms. The lowest BCUT2D eigenvalue weighted by Crippen LogP contribution is -2.44. The van der Waals surface area contributed by atoms with Gasteiger partial charge in [-0.2, -0.15) is 5.26 Å². The van der Waals surface area contributed by atoms with Crippen molar-refractivity contribution in [2.75, 3.05) is 5.32 Å². The minimum atomic E-state index is -0.528. The van der Waals surface area contributed by atoms with Crippen LogP contribution in [-0.4, -0.2) is 17.0 Å². The molecule has 0 aromatic heterocycles. The van der Waals surface area contributed by atoms with Crippen LogP contribution in [0, 0.1) is 21.4 Å². The zero-order valence-corrected chi connectivity index (χ0v) is 9.09. The summed E-state index contributed by atoms with van der Waals surface area (Å²) in [5, 5.41) is 22.8. The maximum Gasteiger partial charge on any atom is 0.309 e. The van der Waals surface area contributed by atoms with E-state index in [2.05, 4.69) is 5.32 Å². The molecule has 1 saturated carbocycles. The van der Waals surface area contributed by atoms with Crippen molar-refractivity contribution < 1.29 is 4.92 Å². The number of anilines is 1. The third-order valence-corrected chi connectivity index (χ3v) is 2.87. The van der Waals surface area contributed by atoms with Crippen LogP contribution in [0.3, 0.4) is 0 Å². The molecular weight excluding hydrogens is 220 g/mol. The van der Waals surface area contributed by atoms with Gasteiger partial charge in [0, 0.05) is 12.1 Å². The Morgan fingerprint density at radius 3 is 2.76 bits per heavy atom. The number of hydrogen-bond donors (Lipinski definition) is 2. The molecule has 1 fully saturated rings. The smallest absolute Gasteiger partial charge is 0.309 e. The van der Waals surface area contributed by atoms with Gasteiger partial charge in [0.1, 0.15) is 17.3 Å². The first-order chi connectivity index (χ1) is 8.11. The van der Waals surface area contributed by atoms with E-state index in [0.717, 1.165) is 12.8 Å². The normalized spacial score (nSPS) is 22.4. The number of rotatable bonds is 3. The van der Waals surface area contributed by atoms with Gasteiger partial charge in [-0.3, -0.25) is 10.1 Å². The molecule has 0 unspecified atom stereocenters. The Morgan fingerprint density at radius 1 is 1.53 bits per heavy atom. The Labute approximate surface area is 98.2 Å². The van der Waals surface area contributed by atoms with E-state index in [9.17, 15) is 10.1 Å². The predicted molar refractivity (Wildman–Crippen MR) is 62.4 cm³/mol. The van der Waals surface area contributed by atoms with Gasteiger partial charge in [0.05, 0.1) is 4.92 Å². The Hall–Kier alpha value is -2.13. The van der Waals surface area contributed by atoms with Crippen molar-refractivity contribution in [1.82, 2.24) is 0 Å². The number of nitro benzene ring substituents is 1. The molecule has 1 aromatic rings. The Morgan fingerprint density at radius 2 is 2.24 bits per heavy atom. The quantitative estimate of drug-likeness (QED) is 0.604. The van der Waals surface area contributed by atoms with E-state index in [4.69, 9.17) is 11.0 Å². The summed E-state index contributed by atoms with van der Waals surface area (Å²) in [5.41, 5.74) is 5.96. The summed E-state index contributed by atoms with van der Waals surface area (Å²) in [5.74, 6) is 0. The average Bonchev–Trinajstić information content (AvgIpc) is 2.26. The van der Waals surface area contributed by atoms with Crippen molar-refractivity contribution >= 4 is 11.4 Å². The first-order valence-corrected chi connectivity index (χ1v) is 5.31. The van der Waals surface area contributed by atoms with Crippen molar-refractivity contribution in [1.29, 1.82) is 5.26 Å². The highest BCUT2D eigenvalue weighted by Crippen LogP contribution is 2.31. The average molecular weight is 232 g/mol. The molecule has 0 heterocycles. The van der Waals surface area contributed by atoms with Crippen molar-refractivity contribution in [3.63, 3.8) is 0 Å². The van der Waals surface area contributed by atoms with Crippen LogP contribution in [0.4, 0.5) is 11.4 Å². The Balaban J connectivity index is 2.27. The highest BCUT2D eigenvalue weighted by atomic mass is 16.6. The summed E-state index contributed by atoms with van der Waals surface area (Å²) in [6.45, 7) is 0. The van der Waals surface area contributed by atoms with Crippen LogP contribution < -0.4 is 11.1 Å². The topological polar surface area (TPSA) is 105 Å². The SMILES string of the molecule is N#Cc1cccc(NC2CC(N)C2)c1[N+](=O)[O-]. The van der Waals surface area contributed by atoms with Gasteiger partial charge >= 0.3 is 5.69 Å². The summed E-state index contributed by atoms with van der Waals surface area (Å²) in [4.78, 5) is 10.4. The summed E-state index contributed by atoms with van der Waals surface area (Å²) in [6, 6.07) is 6.85. The number of hydrogen-bond acceptors (Lipinski definition) is 5. The van der Waals surface area contributed by atoms with Crippen molar-refractivity contribution in [2.24, 2.45) is 5.73 Å². The van der Waals surface area contributed by atoms with Crippen LogP contribution >= 0.6 is 0 Å². The summed E-state index contributed by atoms with van der Waals surface area (Å²) in [6.07, 6.45) is 1.60. The first kappa shape index (κ1) is 11.4. The molecule has 2 rings (SSSR count). The van der Waals surface area contributed by atoms with E-state index in [1.807, 2.05) is 6.07 Å². The lowest BCUT2D eigenvalue weighted by molar-refractivity contribution is -0.384. The van der Waals surface area contributed by atoms with Crippen LogP contribution in [0.2, 0.25) is 0 Å². The molecule has 0 radical (unpaired) electrons. The van der Waals surface area contributed by atoms with Gasteiger partial charge in [-0.15, -0.1) is 0 Å². The molecule has 1 aromatic carbocycles. The van der Waals surface area contributed by atoms with Crippen molar-refractivity contribution in [3.05, 3.63) is 33.9 Å². The van der Waals surface area contributed by atoms with E-state index in [1.54, 1.807) is 12.1 Å². The predicted octanol–water partition coefficient (Wildman–Crippen LogP) is 1.37. The molecule has 6 heteroatoms. The fraction of sp³-hybridized carbons (Fsp3) is 0.364. The summed E-state index contributed by atoms with van der Waals surface area (Å²) >= 11 is 0. The molecular formula is C11H12N4O2. The number of nitrogens with one attached hydrogen (secondary N) is 1. The first-order valence-electron chi connectivity index (χ1n) is 5.31. The van der Waals surface area contributed by atoms with E-state index in [1.165, 1.54) is 6.07 Å². The number of para-hydroxylation sites is 1. The fourth-order valence-electron chi connectivity index (χ4n) is 1.95. The van der Waals surface area contributed by atoms with Gasteiger partial charge in [-0.25, -0.2) is 0 Å². The van der Waals surface area contributed by atoms with Crippen LogP contribution in [0.5, 0.6) is 0 Å². The zero-order chi connectivity index (χ0) is 12.4. The molecule has 3 N–H and O–H groups in total. The van der Waals surface area contributed by atoms with Gasteiger partial charge in [0.15, 0.2) is 0 Å². The van der Waals surface area contributed by atoms with E-state index < -0.39 is 4.92 Å². The van der Waals surface area contributed by atoms with Gasteiger partial charge in [0.2, 0.25) is 0 Å². The second-order valence-corrected chi connectivity index (χ2v) is 4.14. The summed E-state index contributed by atoms with van der Waals surface area (Å²) in [7, 11) is 0. The molecule has 0 spiro atoms. The third kappa shape index (κ3) is 2.19. The van der Waals surface area contributed by atoms with E-state index >= 15 is 0 Å². The van der Waals surface area contributed by atoms with Gasteiger partial charge in [-0.1, -0.05) is 6.07 Å². The van der Waals surface area contributed by atoms with Crippen molar-refractivity contribution in [3.8, 4) is 6.07 Å². The van der Waals surface area contributed by atoms with Crippen LogP contribution in [0.1, 0.15) is 18.4 Å². The number of benzene rings is 1. The van der Waals surface area contributed by atoms with Gasteiger partial charge in [0.25, 0.3) is 0 Å². The molecule has 1 aliphatic rings. The molecule has 88 valence electrons. The maximum absolute atomic E-state index is 10.9. The molecule has 0 saturated heterocycles. The molecule has 0 atom stereocenters. The lowest BCUT2D eigenvalue weighted by atomic mass is 9.87. The van der Waals surface area contributed by atoms with Crippen LogP contribution in [0.25, 0.3) is 0 Å². The minimum Gasteiger partial charge on any atom is -0.377 e. The lowest BCUT2D eigenvalue weighted by Gasteiger charge is -2.33. The molecule has 0 aliphatic heterocycles. The Bertz CT molecular complexity index is 489. The largest absolute Gasteiger partial charge is 0.377 e. The fourth-order valence-corrected chi connectivity index (χ4v) is 1.95. The highest BCUT2D eigenvalue weighted by Gasteiger charge is 2.28. The monoisotopic (exact) mass is 232 g/mol. The zero-order valence-electron chi connectivity index (χ0n) is 9.09. The standard InChI is InChI=1S/C11H12N4O2/c12-6-7-2-1-3-10(11(7)15(16)17)14-9-4-8(13)5-9/h1-3,8-9,14H,4-5,13H2. The Kier molecular flexibility index (Phi) is 2.93. The second-order valence-electron chi connectivity index (χ2n) is 4.14. The van der Waals surface area contributed by atoms with Gasteiger partial charge in [-0.05, 0) is 25.0 Å².